The predicted molar refractivity (Wildman–Crippen MR) is 72.2 cm³/mol. The highest BCUT2D eigenvalue weighted by Crippen LogP contribution is 2.11. The second-order valence-corrected chi connectivity index (χ2v) is 3.94. The molecule has 0 unspecified atom stereocenters. The van der Waals surface area contributed by atoms with Crippen LogP contribution in [0.2, 0.25) is 0 Å². The molecule has 1 N–H and O–H groups in total. The van der Waals surface area contributed by atoms with E-state index >= 15 is 0 Å². The summed E-state index contributed by atoms with van der Waals surface area (Å²) >= 11 is 0. The van der Waals surface area contributed by atoms with E-state index in [1.807, 2.05) is 19.1 Å². The number of nitrogens with zero attached hydrogens (tertiary/aromatic N) is 1. The van der Waals surface area contributed by atoms with E-state index in [-0.39, 0.29) is 0 Å². The average Bonchev–Trinajstić information content (AvgIpc) is 2.29. The molecule has 0 aliphatic heterocycles. The molecule has 2 nitrogen and oxygen atoms in total. The highest BCUT2D eigenvalue weighted by Gasteiger charge is 1.98. The topological polar surface area (TPSA) is 24.4 Å². The summed E-state index contributed by atoms with van der Waals surface area (Å²) in [6, 6.07) is 8.25. The molecule has 0 radical (unpaired) electrons. The van der Waals surface area contributed by atoms with Crippen molar-refractivity contribution in [2.24, 2.45) is 4.99 Å². The Hall–Kier alpha value is -1.57. The van der Waals surface area contributed by atoms with Crippen LogP contribution in [0.1, 0.15) is 25.8 Å². The van der Waals surface area contributed by atoms with E-state index < -0.39 is 0 Å². The molecule has 86 valence electrons. The maximum atomic E-state index is 4.41. The molecular formula is C14H20N2. The van der Waals surface area contributed by atoms with Crippen LogP contribution in [0.15, 0.2) is 41.5 Å². The molecule has 0 aromatic heterocycles. The largest absolute Gasteiger partial charge is 0.355 e. The number of allylic oxidation sites excluding steroid dienone is 1. The van der Waals surface area contributed by atoms with Crippen LogP contribution in [-0.2, 0) is 0 Å². The van der Waals surface area contributed by atoms with Crippen molar-refractivity contribution in [3.05, 3.63) is 42.1 Å². The minimum absolute atomic E-state index is 0.862. The van der Waals surface area contributed by atoms with Gasteiger partial charge in [0, 0.05) is 12.2 Å². The third-order valence-corrected chi connectivity index (χ3v) is 2.36. The first-order chi connectivity index (χ1) is 7.63. The lowest BCUT2D eigenvalue weighted by Gasteiger charge is -2.09. The number of hydrogen-bond donors (Lipinski definition) is 1. The molecule has 0 heterocycles. The number of aliphatic imine (C=N–C) groups is 1. The molecule has 1 aromatic rings. The normalized spacial score (nSPS) is 11.3. The highest BCUT2D eigenvalue weighted by atomic mass is 14.9. The molecule has 0 aliphatic carbocycles. The number of anilines is 1. The summed E-state index contributed by atoms with van der Waals surface area (Å²) in [4.78, 5) is 4.41. The van der Waals surface area contributed by atoms with Crippen LogP contribution >= 0.6 is 0 Å². The van der Waals surface area contributed by atoms with E-state index in [2.05, 4.69) is 42.9 Å². The summed E-state index contributed by atoms with van der Waals surface area (Å²) < 4.78 is 0. The van der Waals surface area contributed by atoms with Crippen molar-refractivity contribution in [3.63, 3.8) is 0 Å². The summed E-state index contributed by atoms with van der Waals surface area (Å²) in [6.45, 7) is 11.0. The van der Waals surface area contributed by atoms with E-state index in [0.717, 1.165) is 30.1 Å². The fraction of sp³-hybridized carbons (Fsp3) is 0.357. The van der Waals surface area contributed by atoms with E-state index in [0.29, 0.717) is 0 Å². The van der Waals surface area contributed by atoms with Gasteiger partial charge in [-0.2, -0.15) is 0 Å². The van der Waals surface area contributed by atoms with Crippen molar-refractivity contribution < 1.29 is 0 Å². The van der Waals surface area contributed by atoms with E-state index in [1.165, 1.54) is 5.56 Å². The van der Waals surface area contributed by atoms with Gasteiger partial charge in [-0.3, -0.25) is 4.99 Å². The van der Waals surface area contributed by atoms with E-state index in [4.69, 9.17) is 0 Å². The fourth-order valence-electron chi connectivity index (χ4n) is 1.28. The second-order valence-electron chi connectivity index (χ2n) is 3.94. The number of benzene rings is 1. The summed E-state index contributed by atoms with van der Waals surface area (Å²) in [5.41, 5.74) is 4.16. The first-order valence-corrected chi connectivity index (χ1v) is 5.67. The van der Waals surface area contributed by atoms with Gasteiger partial charge in [-0.1, -0.05) is 31.2 Å². The summed E-state index contributed by atoms with van der Waals surface area (Å²) in [7, 11) is 0. The molecule has 16 heavy (non-hydrogen) atoms. The van der Waals surface area contributed by atoms with Gasteiger partial charge in [-0.25, -0.2) is 0 Å². The lowest BCUT2D eigenvalue weighted by atomic mass is 10.2. The Morgan fingerprint density at radius 1 is 1.31 bits per heavy atom. The van der Waals surface area contributed by atoms with Gasteiger partial charge in [0.2, 0.25) is 0 Å². The number of rotatable bonds is 5. The Bertz CT molecular complexity index is 374. The van der Waals surface area contributed by atoms with Crippen LogP contribution in [0.3, 0.4) is 0 Å². The Labute approximate surface area is 98.1 Å². The minimum atomic E-state index is 0.862. The van der Waals surface area contributed by atoms with Crippen LogP contribution in [-0.4, -0.2) is 12.3 Å². The monoisotopic (exact) mass is 216 g/mol. The average molecular weight is 216 g/mol. The number of aryl methyl sites for hydroxylation is 1. The van der Waals surface area contributed by atoms with Crippen molar-refractivity contribution in [2.75, 3.05) is 11.9 Å². The van der Waals surface area contributed by atoms with Crippen LogP contribution in [0.25, 0.3) is 0 Å². The zero-order valence-electron chi connectivity index (χ0n) is 10.4. The van der Waals surface area contributed by atoms with Gasteiger partial charge >= 0.3 is 0 Å². The minimum Gasteiger partial charge on any atom is -0.355 e. The fourth-order valence-corrected chi connectivity index (χ4v) is 1.28. The maximum absolute atomic E-state index is 4.41. The van der Waals surface area contributed by atoms with Crippen molar-refractivity contribution in [1.82, 2.24) is 0 Å². The van der Waals surface area contributed by atoms with Crippen molar-refractivity contribution in [1.29, 1.82) is 0 Å². The smallest absolute Gasteiger partial charge is 0.0545 e. The van der Waals surface area contributed by atoms with Gasteiger partial charge in [-0.05, 0) is 32.4 Å². The van der Waals surface area contributed by atoms with Crippen LogP contribution in [0.4, 0.5) is 5.69 Å². The Morgan fingerprint density at radius 3 is 2.50 bits per heavy atom. The van der Waals surface area contributed by atoms with Gasteiger partial charge in [0.25, 0.3) is 0 Å². The number of hydrogen-bond acceptors (Lipinski definition) is 2. The van der Waals surface area contributed by atoms with Crippen LogP contribution in [0, 0.1) is 6.92 Å². The SMILES string of the molecule is C=C(Nc1ccc(C)cc1)C(C)=NCCC. The van der Waals surface area contributed by atoms with Crippen molar-refractivity contribution in [3.8, 4) is 0 Å². The van der Waals surface area contributed by atoms with Gasteiger partial charge < -0.3 is 5.32 Å². The third kappa shape index (κ3) is 3.89. The Kier molecular flexibility index (Phi) is 4.77. The molecule has 0 fully saturated rings. The van der Waals surface area contributed by atoms with Gasteiger partial charge in [-0.15, -0.1) is 0 Å². The predicted octanol–water partition coefficient (Wildman–Crippen LogP) is 3.79. The van der Waals surface area contributed by atoms with Crippen molar-refractivity contribution >= 4 is 11.4 Å². The summed E-state index contributed by atoms with van der Waals surface area (Å²) in [5, 5.41) is 3.25. The first kappa shape index (κ1) is 12.5. The van der Waals surface area contributed by atoms with Crippen LogP contribution < -0.4 is 5.32 Å². The quantitative estimate of drug-likeness (QED) is 0.744. The zero-order valence-corrected chi connectivity index (χ0v) is 10.4. The lowest BCUT2D eigenvalue weighted by Crippen LogP contribution is -2.07. The standard InChI is InChI=1S/C14H20N2/c1-5-10-15-12(3)13(4)16-14-8-6-11(2)7-9-14/h6-9,16H,4-5,10H2,1-3H3. The third-order valence-electron chi connectivity index (χ3n) is 2.36. The number of nitrogens with one attached hydrogen (secondary N) is 1. The highest BCUT2D eigenvalue weighted by molar-refractivity contribution is 6.00. The van der Waals surface area contributed by atoms with Gasteiger partial charge in [0.1, 0.15) is 0 Å². The van der Waals surface area contributed by atoms with Gasteiger partial charge in [0.05, 0.1) is 11.4 Å². The van der Waals surface area contributed by atoms with Crippen LogP contribution in [0.5, 0.6) is 0 Å². The molecule has 0 spiro atoms. The molecule has 1 rings (SSSR count). The molecule has 0 atom stereocenters. The molecule has 0 amide bonds. The zero-order chi connectivity index (χ0) is 12.0. The summed E-state index contributed by atoms with van der Waals surface area (Å²) in [5.74, 6) is 0. The van der Waals surface area contributed by atoms with Crippen molar-refractivity contribution in [2.45, 2.75) is 27.2 Å². The summed E-state index contributed by atoms with van der Waals surface area (Å²) in [6.07, 6.45) is 1.06. The molecule has 0 aliphatic rings. The maximum Gasteiger partial charge on any atom is 0.0545 e. The molecule has 2 heteroatoms. The molecule has 0 saturated heterocycles. The molecule has 1 aromatic carbocycles. The van der Waals surface area contributed by atoms with E-state index in [1.54, 1.807) is 0 Å². The Balaban J connectivity index is 2.60. The first-order valence-electron chi connectivity index (χ1n) is 5.67. The molecule has 0 saturated carbocycles. The lowest BCUT2D eigenvalue weighted by molar-refractivity contribution is 0.931. The Morgan fingerprint density at radius 2 is 1.94 bits per heavy atom. The second kappa shape index (κ2) is 6.11. The molecular weight excluding hydrogens is 196 g/mol. The molecule has 0 bridgehead atoms. The van der Waals surface area contributed by atoms with E-state index in [9.17, 15) is 0 Å². The van der Waals surface area contributed by atoms with Gasteiger partial charge in [0.15, 0.2) is 0 Å².